The van der Waals surface area contributed by atoms with Crippen LogP contribution in [0.25, 0.3) is 0 Å². The van der Waals surface area contributed by atoms with Gasteiger partial charge in [0.1, 0.15) is 0 Å². The minimum absolute atomic E-state index is 0.373. The van der Waals surface area contributed by atoms with E-state index in [1.165, 1.54) is 18.4 Å². The molecule has 1 saturated heterocycles. The second-order valence-corrected chi connectivity index (χ2v) is 7.82. The van der Waals surface area contributed by atoms with Crippen molar-refractivity contribution in [3.05, 3.63) is 53.3 Å². The molecule has 7 heteroatoms. The Hall–Kier alpha value is -2.05. The van der Waals surface area contributed by atoms with Crippen molar-refractivity contribution in [3.8, 4) is 0 Å². The van der Waals surface area contributed by atoms with Crippen LogP contribution in [0.3, 0.4) is 0 Å². The number of nitrogens with one attached hydrogen (secondary N) is 2. The van der Waals surface area contributed by atoms with E-state index < -0.39 is 0 Å². The van der Waals surface area contributed by atoms with E-state index in [0.29, 0.717) is 12.0 Å². The fourth-order valence-corrected chi connectivity index (χ4v) is 4.22. The Morgan fingerprint density at radius 2 is 2.21 bits per heavy atom. The second kappa shape index (κ2) is 10.5. The van der Waals surface area contributed by atoms with Crippen LogP contribution in [0.1, 0.15) is 30.9 Å². The van der Waals surface area contributed by atoms with Crippen LogP contribution in [0.15, 0.2) is 47.7 Å². The normalized spacial score (nSPS) is 20.9. The molecule has 1 aliphatic heterocycles. The molecule has 1 aliphatic rings. The van der Waals surface area contributed by atoms with Crippen LogP contribution in [-0.2, 0) is 6.54 Å². The Kier molecular flexibility index (Phi) is 7.74. The zero-order valence-electron chi connectivity index (χ0n) is 16.8. The first kappa shape index (κ1) is 20.7. The number of aromatic nitrogens is 2. The van der Waals surface area contributed by atoms with E-state index in [1.807, 2.05) is 42.3 Å². The molecule has 2 unspecified atom stereocenters. The molecule has 0 saturated carbocycles. The minimum atomic E-state index is 0.373. The molecule has 6 nitrogen and oxygen atoms in total. The summed E-state index contributed by atoms with van der Waals surface area (Å²) >= 11 is 6.25. The summed E-state index contributed by atoms with van der Waals surface area (Å²) < 4.78 is 1.95. The second-order valence-electron chi connectivity index (χ2n) is 7.39. The van der Waals surface area contributed by atoms with Gasteiger partial charge in [0.25, 0.3) is 0 Å². The van der Waals surface area contributed by atoms with E-state index in [0.717, 1.165) is 43.6 Å². The Morgan fingerprint density at radius 3 is 2.96 bits per heavy atom. The van der Waals surface area contributed by atoms with Crippen molar-refractivity contribution in [1.29, 1.82) is 0 Å². The van der Waals surface area contributed by atoms with Crippen molar-refractivity contribution in [2.75, 3.05) is 33.7 Å². The van der Waals surface area contributed by atoms with Crippen LogP contribution in [0, 0.1) is 5.92 Å². The number of hydrogen-bond acceptors (Lipinski definition) is 3. The molecule has 0 amide bonds. The lowest BCUT2D eigenvalue weighted by molar-refractivity contribution is 0.122. The van der Waals surface area contributed by atoms with Crippen LogP contribution in [0.5, 0.6) is 0 Å². The molecule has 2 aromatic rings. The van der Waals surface area contributed by atoms with Gasteiger partial charge in [0, 0.05) is 50.1 Å². The van der Waals surface area contributed by atoms with Crippen LogP contribution in [0.4, 0.5) is 0 Å². The maximum atomic E-state index is 6.25. The van der Waals surface area contributed by atoms with Gasteiger partial charge >= 0.3 is 0 Å². The van der Waals surface area contributed by atoms with Gasteiger partial charge in [-0.3, -0.25) is 14.6 Å². The summed E-state index contributed by atoms with van der Waals surface area (Å²) in [5, 5.41) is 12.0. The van der Waals surface area contributed by atoms with Crippen molar-refractivity contribution >= 4 is 17.6 Å². The highest BCUT2D eigenvalue weighted by atomic mass is 35.5. The van der Waals surface area contributed by atoms with E-state index in [2.05, 4.69) is 44.8 Å². The number of nitrogens with zero attached hydrogens (tertiary/aromatic N) is 4. The lowest BCUT2D eigenvalue weighted by atomic mass is 9.85. The lowest BCUT2D eigenvalue weighted by Gasteiger charge is -2.40. The lowest BCUT2D eigenvalue weighted by Crippen LogP contribution is -2.45. The predicted molar refractivity (Wildman–Crippen MR) is 116 cm³/mol. The number of benzene rings is 1. The number of halogens is 1. The van der Waals surface area contributed by atoms with E-state index in [9.17, 15) is 0 Å². The molecule has 152 valence electrons. The molecule has 2 heterocycles. The van der Waals surface area contributed by atoms with Crippen molar-refractivity contribution in [1.82, 2.24) is 25.3 Å². The Morgan fingerprint density at radius 1 is 1.32 bits per heavy atom. The van der Waals surface area contributed by atoms with Gasteiger partial charge in [-0.05, 0) is 62.5 Å². The summed E-state index contributed by atoms with van der Waals surface area (Å²) in [5.41, 5.74) is 1.30. The van der Waals surface area contributed by atoms with Gasteiger partial charge in [0.2, 0.25) is 0 Å². The van der Waals surface area contributed by atoms with Gasteiger partial charge in [-0.2, -0.15) is 5.10 Å². The Labute approximate surface area is 173 Å². The van der Waals surface area contributed by atoms with Crippen LogP contribution in [0.2, 0.25) is 5.02 Å². The van der Waals surface area contributed by atoms with Crippen LogP contribution < -0.4 is 10.6 Å². The topological polar surface area (TPSA) is 57.5 Å². The molecule has 1 aromatic heterocycles. The third-order valence-electron chi connectivity index (χ3n) is 5.37. The molecule has 3 rings (SSSR count). The molecule has 1 aromatic carbocycles. The van der Waals surface area contributed by atoms with Gasteiger partial charge in [-0.1, -0.05) is 23.7 Å². The zero-order chi connectivity index (χ0) is 19.8. The summed E-state index contributed by atoms with van der Waals surface area (Å²) in [5.74, 6) is 1.37. The summed E-state index contributed by atoms with van der Waals surface area (Å²) in [6.07, 6.45) is 7.22. The third kappa shape index (κ3) is 5.72. The zero-order valence-corrected chi connectivity index (χ0v) is 17.6. The Balaban J connectivity index is 1.51. The SMILES string of the molecule is CN=C(NCCCn1cccn1)NCC1CCCN(C)C1c1cccc(Cl)c1. The monoisotopic (exact) mass is 402 g/mol. The molecule has 0 radical (unpaired) electrons. The van der Waals surface area contributed by atoms with E-state index >= 15 is 0 Å². The first-order valence-corrected chi connectivity index (χ1v) is 10.4. The highest BCUT2D eigenvalue weighted by molar-refractivity contribution is 6.30. The third-order valence-corrected chi connectivity index (χ3v) is 5.60. The summed E-state index contributed by atoms with van der Waals surface area (Å²) in [4.78, 5) is 6.82. The first-order valence-electron chi connectivity index (χ1n) is 10.0. The number of piperidine rings is 1. The van der Waals surface area contributed by atoms with E-state index in [1.54, 1.807) is 0 Å². The maximum Gasteiger partial charge on any atom is 0.190 e. The number of aryl methyl sites for hydroxylation is 1. The van der Waals surface area contributed by atoms with Crippen molar-refractivity contribution < 1.29 is 0 Å². The molecule has 2 N–H and O–H groups in total. The maximum absolute atomic E-state index is 6.25. The van der Waals surface area contributed by atoms with Gasteiger partial charge in [-0.15, -0.1) is 0 Å². The fraction of sp³-hybridized carbons (Fsp3) is 0.524. The van der Waals surface area contributed by atoms with Crippen LogP contribution >= 0.6 is 11.6 Å². The quantitative estimate of drug-likeness (QED) is 0.424. The number of likely N-dealkylation sites (tertiary alicyclic amines) is 1. The highest BCUT2D eigenvalue weighted by Crippen LogP contribution is 2.35. The average molecular weight is 403 g/mol. The van der Waals surface area contributed by atoms with E-state index in [4.69, 9.17) is 11.6 Å². The smallest absolute Gasteiger partial charge is 0.190 e. The number of hydrogen-bond donors (Lipinski definition) is 2. The summed E-state index contributed by atoms with van der Waals surface area (Å²) in [7, 11) is 4.03. The molecule has 0 bridgehead atoms. The minimum Gasteiger partial charge on any atom is -0.356 e. The molecular weight excluding hydrogens is 372 g/mol. The summed E-state index contributed by atoms with van der Waals surface area (Å²) in [6, 6.07) is 10.6. The molecule has 1 fully saturated rings. The van der Waals surface area contributed by atoms with Crippen molar-refractivity contribution in [3.63, 3.8) is 0 Å². The van der Waals surface area contributed by atoms with Gasteiger partial charge in [0.15, 0.2) is 5.96 Å². The van der Waals surface area contributed by atoms with Crippen molar-refractivity contribution in [2.24, 2.45) is 10.9 Å². The van der Waals surface area contributed by atoms with Crippen molar-refractivity contribution in [2.45, 2.75) is 31.8 Å². The van der Waals surface area contributed by atoms with Gasteiger partial charge < -0.3 is 10.6 Å². The largest absolute Gasteiger partial charge is 0.356 e. The first-order chi connectivity index (χ1) is 13.7. The van der Waals surface area contributed by atoms with E-state index in [-0.39, 0.29) is 0 Å². The standard InChI is InChI=1S/C21H31ClN6/c1-23-21(24-10-5-13-28-14-6-11-26-28)25-16-18-8-4-12-27(2)20(18)17-7-3-9-19(22)15-17/h3,6-7,9,11,14-15,18,20H,4-5,8,10,12-13,16H2,1-2H3,(H2,23,24,25). The summed E-state index contributed by atoms with van der Waals surface area (Å²) in [6.45, 7) is 3.78. The predicted octanol–water partition coefficient (Wildman–Crippen LogP) is 3.17. The van der Waals surface area contributed by atoms with Crippen LogP contribution in [-0.4, -0.2) is 54.4 Å². The average Bonchev–Trinajstić information content (AvgIpc) is 3.21. The fourth-order valence-electron chi connectivity index (χ4n) is 4.02. The van der Waals surface area contributed by atoms with Gasteiger partial charge in [-0.25, -0.2) is 0 Å². The Bertz CT molecular complexity index is 745. The molecule has 2 atom stereocenters. The number of rotatable bonds is 7. The molecular formula is C21H31ClN6. The number of guanidine groups is 1. The molecule has 0 aliphatic carbocycles. The molecule has 28 heavy (non-hydrogen) atoms. The highest BCUT2D eigenvalue weighted by Gasteiger charge is 2.30. The number of aliphatic imine (C=N–C) groups is 1. The molecule has 0 spiro atoms. The van der Waals surface area contributed by atoms with Gasteiger partial charge in [0.05, 0.1) is 0 Å².